The Balaban J connectivity index is 2.32. The molecule has 1 rings (SSSR count). The Morgan fingerprint density at radius 2 is 2.05 bits per heavy atom. The van der Waals surface area contributed by atoms with Crippen LogP contribution in [0.1, 0.15) is 29.3 Å². The molecule has 0 bridgehead atoms. The Hall–Kier alpha value is -1.88. The van der Waals surface area contributed by atoms with Crippen LogP contribution >= 0.6 is 0 Å². The van der Waals surface area contributed by atoms with Crippen molar-refractivity contribution in [3.05, 3.63) is 35.4 Å². The van der Waals surface area contributed by atoms with Crippen molar-refractivity contribution in [1.29, 1.82) is 0 Å². The molecule has 1 aromatic carbocycles. The molecule has 2 amide bonds. The lowest BCUT2D eigenvalue weighted by Gasteiger charge is -2.11. The second kappa shape index (κ2) is 8.32. The predicted octanol–water partition coefficient (Wildman–Crippen LogP) is 0.860. The largest absolute Gasteiger partial charge is 0.396 e. The normalized spacial score (nSPS) is 11.8. The molecular formula is C15H22N2O3. The Bertz CT molecular complexity index is 460. The monoisotopic (exact) mass is 278 g/mol. The molecule has 0 spiro atoms. The van der Waals surface area contributed by atoms with Crippen LogP contribution in [0, 0.1) is 12.8 Å². The van der Waals surface area contributed by atoms with E-state index in [9.17, 15) is 9.59 Å². The maximum atomic E-state index is 11.8. The summed E-state index contributed by atoms with van der Waals surface area (Å²) in [5.41, 5.74) is 1.55. The minimum atomic E-state index is -0.257. The summed E-state index contributed by atoms with van der Waals surface area (Å²) in [6.07, 6.45) is 0.649. The standard InChI is InChI=1S/C15H22N2O3/c1-11-4-3-5-13(8-11)15(20)17-10-14(19)16-9-12(2)6-7-18/h3-5,8,12,18H,6-7,9-10H2,1-2H3,(H,16,19)(H,17,20). The van der Waals surface area contributed by atoms with Gasteiger partial charge in [0.05, 0.1) is 6.54 Å². The van der Waals surface area contributed by atoms with Crippen LogP contribution in [0.4, 0.5) is 0 Å². The van der Waals surface area contributed by atoms with E-state index in [1.807, 2.05) is 19.9 Å². The Kier molecular flexibility index (Phi) is 6.73. The summed E-state index contributed by atoms with van der Waals surface area (Å²) in [5.74, 6) is -0.264. The second-order valence-corrected chi connectivity index (χ2v) is 4.97. The molecule has 0 saturated carbocycles. The minimum absolute atomic E-state index is 0.0430. The highest BCUT2D eigenvalue weighted by atomic mass is 16.3. The van der Waals surface area contributed by atoms with E-state index in [4.69, 9.17) is 5.11 Å². The molecule has 5 heteroatoms. The van der Waals surface area contributed by atoms with Crippen molar-refractivity contribution < 1.29 is 14.7 Å². The van der Waals surface area contributed by atoms with Crippen molar-refractivity contribution in [1.82, 2.24) is 10.6 Å². The number of carbonyl (C=O) groups is 2. The number of rotatable bonds is 7. The molecule has 0 aromatic heterocycles. The van der Waals surface area contributed by atoms with Gasteiger partial charge in [-0.25, -0.2) is 0 Å². The van der Waals surface area contributed by atoms with Crippen LogP contribution < -0.4 is 10.6 Å². The van der Waals surface area contributed by atoms with E-state index >= 15 is 0 Å². The van der Waals surface area contributed by atoms with Gasteiger partial charge in [0.25, 0.3) is 5.91 Å². The third-order valence-electron chi connectivity index (χ3n) is 2.96. The van der Waals surface area contributed by atoms with Crippen LogP contribution in [-0.2, 0) is 4.79 Å². The van der Waals surface area contributed by atoms with Crippen molar-refractivity contribution in [3.8, 4) is 0 Å². The highest BCUT2D eigenvalue weighted by molar-refractivity contribution is 5.96. The molecular weight excluding hydrogens is 256 g/mol. The van der Waals surface area contributed by atoms with Crippen LogP contribution in [0.25, 0.3) is 0 Å². The number of benzene rings is 1. The molecule has 1 aromatic rings. The van der Waals surface area contributed by atoms with Crippen molar-refractivity contribution >= 4 is 11.8 Å². The zero-order valence-electron chi connectivity index (χ0n) is 12.0. The van der Waals surface area contributed by atoms with Gasteiger partial charge in [0, 0.05) is 18.7 Å². The Morgan fingerprint density at radius 3 is 2.70 bits per heavy atom. The van der Waals surface area contributed by atoms with Gasteiger partial charge < -0.3 is 15.7 Å². The minimum Gasteiger partial charge on any atom is -0.396 e. The van der Waals surface area contributed by atoms with Crippen LogP contribution in [0.15, 0.2) is 24.3 Å². The lowest BCUT2D eigenvalue weighted by atomic mass is 10.1. The number of aryl methyl sites for hydroxylation is 1. The van der Waals surface area contributed by atoms with Gasteiger partial charge in [-0.15, -0.1) is 0 Å². The van der Waals surface area contributed by atoms with E-state index < -0.39 is 0 Å². The summed E-state index contributed by atoms with van der Waals surface area (Å²) in [5, 5.41) is 14.1. The molecule has 0 saturated heterocycles. The fourth-order valence-electron chi connectivity index (χ4n) is 1.72. The third-order valence-corrected chi connectivity index (χ3v) is 2.96. The molecule has 20 heavy (non-hydrogen) atoms. The van der Waals surface area contributed by atoms with Gasteiger partial charge in [-0.3, -0.25) is 9.59 Å². The van der Waals surface area contributed by atoms with Gasteiger partial charge in [0.2, 0.25) is 5.91 Å². The molecule has 3 N–H and O–H groups in total. The first-order valence-electron chi connectivity index (χ1n) is 6.75. The fraction of sp³-hybridized carbons (Fsp3) is 0.467. The summed E-state index contributed by atoms with van der Waals surface area (Å²) in [4.78, 5) is 23.4. The first kappa shape index (κ1) is 16.2. The molecule has 1 unspecified atom stereocenters. The Labute approximate surface area is 119 Å². The van der Waals surface area contributed by atoms with Crippen LogP contribution in [0.5, 0.6) is 0 Å². The van der Waals surface area contributed by atoms with E-state index in [1.165, 1.54) is 0 Å². The summed E-state index contributed by atoms with van der Waals surface area (Å²) in [7, 11) is 0. The zero-order chi connectivity index (χ0) is 15.0. The van der Waals surface area contributed by atoms with E-state index in [1.54, 1.807) is 18.2 Å². The average Bonchev–Trinajstić information content (AvgIpc) is 2.43. The van der Waals surface area contributed by atoms with Gasteiger partial charge in [0.15, 0.2) is 0 Å². The number of carbonyl (C=O) groups excluding carboxylic acids is 2. The molecule has 0 aliphatic carbocycles. The van der Waals surface area contributed by atoms with Crippen LogP contribution in [0.3, 0.4) is 0 Å². The fourth-order valence-corrected chi connectivity index (χ4v) is 1.72. The SMILES string of the molecule is Cc1cccc(C(=O)NCC(=O)NCC(C)CCO)c1. The van der Waals surface area contributed by atoms with Crippen molar-refractivity contribution in [2.24, 2.45) is 5.92 Å². The molecule has 110 valence electrons. The van der Waals surface area contributed by atoms with Crippen molar-refractivity contribution in [3.63, 3.8) is 0 Å². The van der Waals surface area contributed by atoms with E-state index in [-0.39, 0.29) is 30.9 Å². The third kappa shape index (κ3) is 5.84. The summed E-state index contributed by atoms with van der Waals surface area (Å²) < 4.78 is 0. The van der Waals surface area contributed by atoms with Crippen molar-refractivity contribution in [2.75, 3.05) is 19.7 Å². The van der Waals surface area contributed by atoms with Gasteiger partial charge >= 0.3 is 0 Å². The van der Waals surface area contributed by atoms with Crippen molar-refractivity contribution in [2.45, 2.75) is 20.3 Å². The maximum Gasteiger partial charge on any atom is 0.251 e. The molecule has 0 aliphatic heterocycles. The van der Waals surface area contributed by atoms with E-state index in [0.717, 1.165) is 5.56 Å². The van der Waals surface area contributed by atoms with Crippen LogP contribution in [-0.4, -0.2) is 36.6 Å². The summed E-state index contributed by atoms with van der Waals surface area (Å²) in [6, 6.07) is 7.20. The van der Waals surface area contributed by atoms with E-state index in [2.05, 4.69) is 10.6 Å². The molecule has 0 radical (unpaired) electrons. The maximum absolute atomic E-state index is 11.8. The lowest BCUT2D eigenvalue weighted by Crippen LogP contribution is -2.38. The number of hydrogen-bond donors (Lipinski definition) is 3. The quantitative estimate of drug-likeness (QED) is 0.692. The Morgan fingerprint density at radius 1 is 1.30 bits per heavy atom. The molecule has 0 aliphatic rings. The first-order chi connectivity index (χ1) is 9.52. The summed E-state index contributed by atoms with van der Waals surface area (Å²) >= 11 is 0. The number of aliphatic hydroxyl groups is 1. The van der Waals surface area contributed by atoms with Crippen LogP contribution in [0.2, 0.25) is 0 Å². The molecule has 0 fully saturated rings. The second-order valence-electron chi connectivity index (χ2n) is 4.97. The average molecular weight is 278 g/mol. The van der Waals surface area contributed by atoms with Gasteiger partial charge in [0.1, 0.15) is 0 Å². The zero-order valence-corrected chi connectivity index (χ0v) is 12.0. The molecule has 1 atom stereocenters. The highest BCUT2D eigenvalue weighted by Gasteiger charge is 2.09. The van der Waals surface area contributed by atoms with Gasteiger partial charge in [-0.05, 0) is 31.4 Å². The summed E-state index contributed by atoms with van der Waals surface area (Å²) in [6.45, 7) is 4.42. The van der Waals surface area contributed by atoms with Gasteiger partial charge in [-0.2, -0.15) is 0 Å². The predicted molar refractivity (Wildman–Crippen MR) is 77.4 cm³/mol. The lowest BCUT2D eigenvalue weighted by molar-refractivity contribution is -0.120. The highest BCUT2D eigenvalue weighted by Crippen LogP contribution is 2.03. The molecule has 5 nitrogen and oxygen atoms in total. The smallest absolute Gasteiger partial charge is 0.251 e. The van der Waals surface area contributed by atoms with Gasteiger partial charge in [-0.1, -0.05) is 24.6 Å². The molecule has 0 heterocycles. The number of nitrogens with one attached hydrogen (secondary N) is 2. The number of amides is 2. The topological polar surface area (TPSA) is 78.4 Å². The van der Waals surface area contributed by atoms with E-state index in [0.29, 0.717) is 18.5 Å². The number of hydrogen-bond acceptors (Lipinski definition) is 3. The number of aliphatic hydroxyl groups excluding tert-OH is 1. The first-order valence-corrected chi connectivity index (χ1v) is 6.75.